The van der Waals surface area contributed by atoms with Gasteiger partial charge in [-0.25, -0.2) is 18.5 Å². The molecule has 8 heteroatoms. The van der Waals surface area contributed by atoms with Crippen molar-refractivity contribution >= 4 is 29.6 Å². The molecule has 3 aromatic rings. The fourth-order valence-corrected chi connectivity index (χ4v) is 3.52. The zero-order valence-corrected chi connectivity index (χ0v) is 17.5. The molecule has 4 amide bonds. The predicted octanol–water partition coefficient (Wildman–Crippen LogP) is 4.23. The van der Waals surface area contributed by atoms with Gasteiger partial charge in [-0.05, 0) is 47.0 Å². The van der Waals surface area contributed by atoms with Gasteiger partial charge in [0, 0.05) is 6.42 Å². The van der Waals surface area contributed by atoms with E-state index in [1.54, 1.807) is 36.4 Å². The summed E-state index contributed by atoms with van der Waals surface area (Å²) in [5, 5.41) is 2.05. The number of hydrogen-bond donors (Lipinski definition) is 1. The first-order valence-electron chi connectivity index (χ1n) is 9.95. The number of ether oxygens (including phenoxy) is 1. The van der Waals surface area contributed by atoms with Crippen molar-refractivity contribution in [3.05, 3.63) is 101 Å². The van der Waals surface area contributed by atoms with E-state index in [4.69, 9.17) is 4.74 Å². The van der Waals surface area contributed by atoms with E-state index in [1.807, 2.05) is 0 Å². The number of hydrogen-bond acceptors (Lipinski definition) is 4. The van der Waals surface area contributed by atoms with Crippen LogP contribution in [0.3, 0.4) is 0 Å². The molecule has 1 fully saturated rings. The molecule has 3 aromatic carbocycles. The van der Waals surface area contributed by atoms with Crippen LogP contribution in [0.25, 0.3) is 6.08 Å². The van der Waals surface area contributed by atoms with E-state index < -0.39 is 23.7 Å². The van der Waals surface area contributed by atoms with Crippen LogP contribution in [0.4, 0.5) is 19.3 Å². The maximum Gasteiger partial charge on any atom is 0.336 e. The maximum atomic E-state index is 14.2. The average molecular weight is 448 g/mol. The molecule has 0 atom stereocenters. The first-order chi connectivity index (χ1) is 15.9. The molecule has 1 aliphatic rings. The van der Waals surface area contributed by atoms with Gasteiger partial charge in [0.05, 0.1) is 12.8 Å². The normalized spacial score (nSPS) is 15.1. The van der Waals surface area contributed by atoms with Crippen molar-refractivity contribution < 1.29 is 27.9 Å². The second kappa shape index (κ2) is 9.04. The van der Waals surface area contributed by atoms with E-state index in [2.05, 4.69) is 5.32 Å². The Bertz CT molecular complexity index is 1300. The number of nitrogens with one attached hydrogen (secondary N) is 1. The Labute approximate surface area is 188 Å². The lowest BCUT2D eigenvalue weighted by atomic mass is 10.00. The van der Waals surface area contributed by atoms with Gasteiger partial charge in [-0.3, -0.25) is 14.9 Å². The van der Waals surface area contributed by atoms with E-state index in [0.717, 1.165) is 6.07 Å². The summed E-state index contributed by atoms with van der Waals surface area (Å²) in [7, 11) is 1.45. The Morgan fingerprint density at radius 1 is 0.909 bits per heavy atom. The molecule has 166 valence electrons. The lowest BCUT2D eigenvalue weighted by Gasteiger charge is -2.26. The molecule has 1 aliphatic heterocycles. The van der Waals surface area contributed by atoms with Gasteiger partial charge in [-0.2, -0.15) is 0 Å². The molecular weight excluding hydrogens is 430 g/mol. The van der Waals surface area contributed by atoms with Gasteiger partial charge in [0.2, 0.25) is 0 Å². The number of imide groups is 2. The number of urea groups is 1. The van der Waals surface area contributed by atoms with Crippen LogP contribution in [0.1, 0.15) is 16.7 Å². The van der Waals surface area contributed by atoms with Crippen LogP contribution in [-0.2, 0) is 16.0 Å². The number of benzene rings is 3. The fraction of sp³-hybridized carbons (Fsp3) is 0.0800. The van der Waals surface area contributed by atoms with Gasteiger partial charge >= 0.3 is 6.03 Å². The molecule has 0 aromatic heterocycles. The molecule has 0 saturated carbocycles. The minimum atomic E-state index is -1.04. The number of methoxy groups -OCH3 is 1. The molecule has 33 heavy (non-hydrogen) atoms. The van der Waals surface area contributed by atoms with Crippen LogP contribution in [0.2, 0.25) is 0 Å². The van der Waals surface area contributed by atoms with Gasteiger partial charge < -0.3 is 4.74 Å². The number of anilines is 1. The van der Waals surface area contributed by atoms with Crippen LogP contribution in [-0.4, -0.2) is 25.0 Å². The number of amides is 4. The molecule has 1 saturated heterocycles. The van der Waals surface area contributed by atoms with Crippen molar-refractivity contribution in [2.75, 3.05) is 12.0 Å². The number of halogens is 2. The number of rotatable bonds is 5. The molecule has 0 bridgehead atoms. The van der Waals surface area contributed by atoms with Gasteiger partial charge in [0.25, 0.3) is 11.8 Å². The topological polar surface area (TPSA) is 75.7 Å². The Kier molecular flexibility index (Phi) is 5.99. The molecule has 1 heterocycles. The van der Waals surface area contributed by atoms with Crippen molar-refractivity contribution in [3.63, 3.8) is 0 Å². The van der Waals surface area contributed by atoms with Crippen molar-refractivity contribution in [3.8, 4) is 5.75 Å². The highest BCUT2D eigenvalue weighted by atomic mass is 19.1. The Balaban J connectivity index is 1.68. The first kappa shape index (κ1) is 21.9. The fourth-order valence-electron chi connectivity index (χ4n) is 3.52. The summed E-state index contributed by atoms with van der Waals surface area (Å²) in [6, 6.07) is 15.5. The third kappa shape index (κ3) is 4.36. The molecule has 0 radical (unpaired) electrons. The van der Waals surface area contributed by atoms with E-state index in [1.165, 1.54) is 37.5 Å². The lowest BCUT2D eigenvalue weighted by Crippen LogP contribution is -2.54. The highest BCUT2D eigenvalue weighted by Crippen LogP contribution is 2.27. The predicted molar refractivity (Wildman–Crippen MR) is 118 cm³/mol. The number of nitrogens with zero attached hydrogens (tertiary/aromatic N) is 1. The van der Waals surface area contributed by atoms with Crippen LogP contribution in [0.15, 0.2) is 72.3 Å². The summed E-state index contributed by atoms with van der Waals surface area (Å²) in [5.74, 6) is -2.55. The summed E-state index contributed by atoms with van der Waals surface area (Å²) >= 11 is 0. The molecule has 4 rings (SSSR count). The van der Waals surface area contributed by atoms with Gasteiger partial charge in [-0.15, -0.1) is 0 Å². The molecule has 0 unspecified atom stereocenters. The second-order valence-electron chi connectivity index (χ2n) is 7.25. The number of barbiturate groups is 1. The highest BCUT2D eigenvalue weighted by Gasteiger charge is 2.37. The second-order valence-corrected chi connectivity index (χ2v) is 7.25. The highest BCUT2D eigenvalue weighted by molar-refractivity contribution is 6.39. The van der Waals surface area contributed by atoms with Crippen molar-refractivity contribution in [2.45, 2.75) is 6.42 Å². The standard InChI is InChI=1S/C25H18F2N2O4/c1-33-22-13-15(10-11-17(22)14-16-6-2-3-7-19(16)26)12-18-23(30)28-25(32)29(24(18)31)21-9-5-4-8-20(21)27/h2-13H,14H2,1H3,(H,28,30,32)/b18-12-. The van der Waals surface area contributed by atoms with Crippen LogP contribution < -0.4 is 15.0 Å². The number of para-hydroxylation sites is 1. The number of carbonyl (C=O) groups excluding carboxylic acids is 3. The van der Waals surface area contributed by atoms with Crippen LogP contribution >= 0.6 is 0 Å². The van der Waals surface area contributed by atoms with Crippen molar-refractivity contribution in [1.29, 1.82) is 0 Å². The van der Waals surface area contributed by atoms with Gasteiger partial charge in [-0.1, -0.05) is 42.5 Å². The quantitative estimate of drug-likeness (QED) is 0.468. The summed E-state index contributed by atoms with van der Waals surface area (Å²) in [5.41, 5.74) is 1.01. The monoisotopic (exact) mass is 448 g/mol. The molecule has 0 spiro atoms. The molecular formula is C25H18F2N2O4. The van der Waals surface area contributed by atoms with Crippen molar-refractivity contribution in [1.82, 2.24) is 5.32 Å². The minimum absolute atomic E-state index is 0.267. The zero-order chi connectivity index (χ0) is 23.5. The van der Waals surface area contributed by atoms with Crippen molar-refractivity contribution in [2.24, 2.45) is 0 Å². The largest absolute Gasteiger partial charge is 0.496 e. The third-order valence-corrected chi connectivity index (χ3v) is 5.16. The van der Waals surface area contributed by atoms with Crippen LogP contribution in [0, 0.1) is 11.6 Å². The minimum Gasteiger partial charge on any atom is -0.496 e. The van der Waals surface area contributed by atoms with Crippen LogP contribution in [0.5, 0.6) is 5.75 Å². The van der Waals surface area contributed by atoms with Gasteiger partial charge in [0.15, 0.2) is 0 Å². The smallest absolute Gasteiger partial charge is 0.336 e. The molecule has 1 N–H and O–H groups in total. The SMILES string of the molecule is COc1cc(/C=C2/C(=O)NC(=O)N(c3ccccc3F)C2=O)ccc1Cc1ccccc1F. The summed E-state index contributed by atoms with van der Waals surface area (Å²) < 4.78 is 33.6. The Hall–Kier alpha value is -4.33. The summed E-state index contributed by atoms with van der Waals surface area (Å²) in [6.07, 6.45) is 1.56. The lowest BCUT2D eigenvalue weighted by molar-refractivity contribution is -0.122. The summed E-state index contributed by atoms with van der Waals surface area (Å²) in [4.78, 5) is 38.1. The molecule has 6 nitrogen and oxygen atoms in total. The number of carbonyl (C=O) groups is 3. The first-order valence-corrected chi connectivity index (χ1v) is 9.95. The Morgan fingerprint density at radius 3 is 2.30 bits per heavy atom. The third-order valence-electron chi connectivity index (χ3n) is 5.16. The Morgan fingerprint density at radius 2 is 1.61 bits per heavy atom. The van der Waals surface area contributed by atoms with E-state index in [-0.39, 0.29) is 23.5 Å². The molecule has 0 aliphatic carbocycles. The maximum absolute atomic E-state index is 14.2. The average Bonchev–Trinajstić information content (AvgIpc) is 2.80. The van der Waals surface area contributed by atoms with E-state index in [0.29, 0.717) is 27.3 Å². The van der Waals surface area contributed by atoms with Gasteiger partial charge in [0.1, 0.15) is 23.0 Å². The zero-order valence-electron chi connectivity index (χ0n) is 17.5. The van der Waals surface area contributed by atoms with E-state index >= 15 is 0 Å². The van der Waals surface area contributed by atoms with E-state index in [9.17, 15) is 23.2 Å². The summed E-state index contributed by atoms with van der Waals surface area (Å²) in [6.45, 7) is 0.